The smallest absolute Gasteiger partial charge is 0.0714 e. The molecule has 310 valence electrons. The summed E-state index contributed by atoms with van der Waals surface area (Å²) in [7, 11) is 0. The van der Waals surface area contributed by atoms with Crippen molar-refractivity contribution in [3.8, 4) is 55.6 Å². The Hall–Kier alpha value is -8.52. The zero-order valence-corrected chi connectivity index (χ0v) is 36.4. The van der Waals surface area contributed by atoms with Crippen molar-refractivity contribution in [2.24, 2.45) is 0 Å². The van der Waals surface area contributed by atoms with Crippen molar-refractivity contribution in [1.29, 1.82) is 0 Å². The van der Waals surface area contributed by atoms with Gasteiger partial charge in [-0.05, 0) is 108 Å². The maximum absolute atomic E-state index is 2.51. The van der Waals surface area contributed by atoms with E-state index in [4.69, 9.17) is 0 Å². The summed E-state index contributed by atoms with van der Waals surface area (Å²) >= 11 is 0. The summed E-state index contributed by atoms with van der Waals surface area (Å²) in [6.45, 7) is 0. The van der Waals surface area contributed by atoms with Crippen LogP contribution in [-0.2, 0) is 5.41 Å². The molecule has 0 bridgehead atoms. The van der Waals surface area contributed by atoms with Gasteiger partial charge in [0.15, 0.2) is 0 Å². The first kappa shape index (κ1) is 39.1. The van der Waals surface area contributed by atoms with Crippen molar-refractivity contribution in [2.75, 3.05) is 4.90 Å². The zero-order valence-electron chi connectivity index (χ0n) is 36.4. The van der Waals surface area contributed by atoms with Crippen molar-refractivity contribution in [2.45, 2.75) is 5.41 Å². The highest BCUT2D eigenvalue weighted by molar-refractivity contribution is 6.11. The second-order valence-electron chi connectivity index (χ2n) is 17.1. The molecule has 0 heterocycles. The zero-order chi connectivity index (χ0) is 43.9. The van der Waals surface area contributed by atoms with E-state index in [-0.39, 0.29) is 0 Å². The molecule has 1 aliphatic rings. The quantitative estimate of drug-likeness (QED) is 0.140. The van der Waals surface area contributed by atoms with Gasteiger partial charge in [-0.25, -0.2) is 0 Å². The largest absolute Gasteiger partial charge is 0.309 e. The van der Waals surface area contributed by atoms with E-state index in [1.54, 1.807) is 0 Å². The molecule has 0 aromatic heterocycles. The van der Waals surface area contributed by atoms with Crippen LogP contribution in [0.25, 0.3) is 66.4 Å². The second kappa shape index (κ2) is 16.6. The Bertz CT molecular complexity index is 3450. The molecule has 0 fully saturated rings. The standard InChI is InChI=1S/C65H45N/c1-5-21-46(22-6-1)47-37-41-53(42-38-47)66(54-43-39-49(40-44-54)56-31-16-18-34-59(56)58-33-17-15-30-55(58)48-23-7-2-8-24-48)64-57-32-14-13-25-50(57)45-62-63(64)60-35-19-20-36-61(60)65(62,51-26-9-3-10-27-51)52-28-11-4-12-29-52/h1-45H. The summed E-state index contributed by atoms with van der Waals surface area (Å²) in [5.41, 5.74) is 19.9. The highest BCUT2D eigenvalue weighted by Gasteiger charge is 2.48. The fraction of sp³-hybridized carbons (Fsp3) is 0.0154. The van der Waals surface area contributed by atoms with Gasteiger partial charge in [-0.3, -0.25) is 0 Å². The minimum absolute atomic E-state index is 0.556. The molecular formula is C65H45N. The molecule has 1 aliphatic carbocycles. The van der Waals surface area contributed by atoms with Crippen molar-refractivity contribution in [3.05, 3.63) is 295 Å². The Labute approximate surface area is 387 Å². The second-order valence-corrected chi connectivity index (χ2v) is 17.1. The monoisotopic (exact) mass is 839 g/mol. The van der Waals surface area contributed by atoms with Crippen molar-refractivity contribution in [3.63, 3.8) is 0 Å². The summed E-state index contributed by atoms with van der Waals surface area (Å²) in [4.78, 5) is 2.51. The number of anilines is 3. The third kappa shape index (κ3) is 6.47. The van der Waals surface area contributed by atoms with E-state index in [1.165, 1.54) is 88.8 Å². The lowest BCUT2D eigenvalue weighted by atomic mass is 9.67. The summed E-state index contributed by atoms with van der Waals surface area (Å²) in [5, 5.41) is 2.39. The van der Waals surface area contributed by atoms with Gasteiger partial charge in [0.1, 0.15) is 0 Å². The van der Waals surface area contributed by atoms with Gasteiger partial charge in [0.2, 0.25) is 0 Å². The first-order valence-electron chi connectivity index (χ1n) is 22.8. The molecule has 11 aromatic carbocycles. The van der Waals surface area contributed by atoms with Gasteiger partial charge >= 0.3 is 0 Å². The molecule has 1 nitrogen and oxygen atoms in total. The highest BCUT2D eigenvalue weighted by Crippen LogP contribution is 2.61. The molecule has 11 aromatic rings. The summed E-state index contributed by atoms with van der Waals surface area (Å²) < 4.78 is 0. The molecule has 0 saturated carbocycles. The fourth-order valence-electron chi connectivity index (χ4n) is 10.7. The first-order valence-corrected chi connectivity index (χ1v) is 22.8. The van der Waals surface area contributed by atoms with Crippen LogP contribution in [0.5, 0.6) is 0 Å². The molecular weight excluding hydrogens is 795 g/mol. The van der Waals surface area contributed by atoms with E-state index in [1.807, 2.05) is 0 Å². The lowest BCUT2D eigenvalue weighted by Gasteiger charge is -2.35. The Morgan fingerprint density at radius 3 is 1.23 bits per heavy atom. The van der Waals surface area contributed by atoms with Gasteiger partial charge in [-0.15, -0.1) is 0 Å². The first-order chi connectivity index (χ1) is 32.8. The molecule has 0 radical (unpaired) electrons. The van der Waals surface area contributed by atoms with Gasteiger partial charge in [0.25, 0.3) is 0 Å². The van der Waals surface area contributed by atoms with Crippen LogP contribution in [0, 0.1) is 0 Å². The summed E-state index contributed by atoms with van der Waals surface area (Å²) in [6, 6.07) is 100. The number of nitrogens with zero attached hydrogens (tertiary/aromatic N) is 1. The molecule has 0 spiro atoms. The molecule has 0 atom stereocenters. The van der Waals surface area contributed by atoms with Crippen LogP contribution in [0.4, 0.5) is 17.1 Å². The fourth-order valence-corrected chi connectivity index (χ4v) is 10.7. The van der Waals surface area contributed by atoms with E-state index in [0.717, 1.165) is 16.9 Å². The molecule has 12 rings (SSSR count). The van der Waals surface area contributed by atoms with E-state index in [2.05, 4.69) is 278 Å². The minimum atomic E-state index is -0.556. The average molecular weight is 840 g/mol. The summed E-state index contributed by atoms with van der Waals surface area (Å²) in [5.74, 6) is 0. The molecule has 0 saturated heterocycles. The Morgan fingerprint density at radius 1 is 0.273 bits per heavy atom. The number of hydrogen-bond donors (Lipinski definition) is 0. The van der Waals surface area contributed by atoms with Crippen LogP contribution >= 0.6 is 0 Å². The Morgan fingerprint density at radius 2 is 0.667 bits per heavy atom. The third-order valence-electron chi connectivity index (χ3n) is 13.6. The van der Waals surface area contributed by atoms with Crippen molar-refractivity contribution < 1.29 is 0 Å². The number of rotatable bonds is 9. The highest BCUT2D eigenvalue weighted by atomic mass is 15.1. The molecule has 0 N–H and O–H groups in total. The molecule has 0 unspecified atom stereocenters. The van der Waals surface area contributed by atoms with Crippen molar-refractivity contribution in [1.82, 2.24) is 0 Å². The summed E-state index contributed by atoms with van der Waals surface area (Å²) in [6.07, 6.45) is 0. The average Bonchev–Trinajstić information content (AvgIpc) is 3.70. The number of benzene rings is 11. The SMILES string of the molecule is c1ccc(-c2ccc(N(c3ccc(-c4ccccc4-c4ccccc4-c4ccccc4)cc3)c3c4c(cc5ccccc35)C(c3ccccc3)(c3ccccc3)c3ccccc3-4)cc2)cc1. The molecule has 66 heavy (non-hydrogen) atoms. The van der Waals surface area contributed by atoms with Gasteiger partial charge in [0, 0.05) is 22.3 Å². The third-order valence-corrected chi connectivity index (χ3v) is 13.6. The maximum Gasteiger partial charge on any atom is 0.0714 e. The predicted octanol–water partition coefficient (Wildman–Crippen LogP) is 17.3. The Balaban J connectivity index is 1.10. The van der Waals surface area contributed by atoms with E-state index in [0.29, 0.717) is 0 Å². The van der Waals surface area contributed by atoms with Crippen LogP contribution in [0.15, 0.2) is 273 Å². The maximum atomic E-state index is 2.51. The minimum Gasteiger partial charge on any atom is -0.309 e. The topological polar surface area (TPSA) is 3.24 Å². The van der Waals surface area contributed by atoms with Gasteiger partial charge in [-0.2, -0.15) is 0 Å². The molecule has 0 aliphatic heterocycles. The van der Waals surface area contributed by atoms with Crippen LogP contribution < -0.4 is 4.90 Å². The predicted molar refractivity (Wildman–Crippen MR) is 278 cm³/mol. The molecule has 1 heteroatoms. The lowest BCUT2D eigenvalue weighted by molar-refractivity contribution is 0.769. The van der Waals surface area contributed by atoms with Crippen LogP contribution in [0.3, 0.4) is 0 Å². The van der Waals surface area contributed by atoms with E-state index >= 15 is 0 Å². The van der Waals surface area contributed by atoms with Gasteiger partial charge in [0.05, 0.1) is 11.1 Å². The van der Waals surface area contributed by atoms with Crippen molar-refractivity contribution >= 4 is 27.8 Å². The number of hydrogen-bond acceptors (Lipinski definition) is 1. The lowest BCUT2D eigenvalue weighted by Crippen LogP contribution is -2.28. The number of fused-ring (bicyclic) bond motifs is 4. The molecule has 0 amide bonds. The van der Waals surface area contributed by atoms with Crippen LogP contribution in [-0.4, -0.2) is 0 Å². The van der Waals surface area contributed by atoms with E-state index in [9.17, 15) is 0 Å². The van der Waals surface area contributed by atoms with Gasteiger partial charge in [-0.1, -0.05) is 243 Å². The van der Waals surface area contributed by atoms with E-state index < -0.39 is 5.41 Å². The van der Waals surface area contributed by atoms with Gasteiger partial charge < -0.3 is 4.90 Å². The normalized spacial score (nSPS) is 12.4. The van der Waals surface area contributed by atoms with Crippen LogP contribution in [0.1, 0.15) is 22.3 Å². The Kier molecular flexibility index (Phi) is 9.81. The van der Waals surface area contributed by atoms with Crippen LogP contribution in [0.2, 0.25) is 0 Å².